The Morgan fingerprint density at radius 1 is 1.15 bits per heavy atom. The molecule has 3 rings (SSSR count). The van der Waals surface area contributed by atoms with Crippen LogP contribution in [0, 0.1) is 20.8 Å². The van der Waals surface area contributed by atoms with Crippen LogP contribution in [0.2, 0.25) is 0 Å². The average molecular weight is 369 g/mol. The minimum atomic E-state index is -0.209. The first-order valence-corrected chi connectivity index (χ1v) is 9.65. The van der Waals surface area contributed by atoms with Gasteiger partial charge in [-0.1, -0.05) is 35.1 Å². The van der Waals surface area contributed by atoms with Crippen LogP contribution < -0.4 is 4.80 Å². The first-order valence-electron chi connectivity index (χ1n) is 8.83. The number of amides is 1. The highest BCUT2D eigenvalue weighted by Crippen LogP contribution is 2.23. The second-order valence-electron chi connectivity index (χ2n) is 6.45. The number of rotatable bonds is 5. The van der Waals surface area contributed by atoms with Gasteiger partial charge in [-0.25, -0.2) is 0 Å². The number of thiazole rings is 1. The molecule has 4 nitrogen and oxygen atoms in total. The molecule has 0 unspecified atom stereocenters. The first kappa shape index (κ1) is 18.5. The summed E-state index contributed by atoms with van der Waals surface area (Å²) in [6, 6.07) is 11.9. The van der Waals surface area contributed by atoms with Crippen LogP contribution in [0.5, 0.6) is 0 Å². The van der Waals surface area contributed by atoms with Crippen molar-refractivity contribution < 1.29 is 9.53 Å². The Labute approximate surface area is 157 Å². The van der Waals surface area contributed by atoms with E-state index in [2.05, 4.69) is 35.5 Å². The molecule has 0 aliphatic heterocycles. The number of aryl methyl sites for hydroxylation is 3. The van der Waals surface area contributed by atoms with Crippen molar-refractivity contribution in [1.29, 1.82) is 0 Å². The summed E-state index contributed by atoms with van der Waals surface area (Å²) in [5.41, 5.74) is 5.21. The zero-order valence-corrected chi connectivity index (χ0v) is 16.5. The fraction of sp³-hybridized carbons (Fsp3) is 0.333. The third-order valence-electron chi connectivity index (χ3n) is 4.24. The number of fused-ring (bicyclic) bond motifs is 1. The standard InChI is InChI=1S/C21H24N2O2S/c1-5-25-10-9-23-19-16(4)11-15(3)13-18(19)26-21(23)22-20(24)17-8-6-7-14(2)12-17/h6-8,11-13H,5,9-10H2,1-4H3. The fourth-order valence-electron chi connectivity index (χ4n) is 3.11. The molecule has 0 atom stereocenters. The van der Waals surface area contributed by atoms with Gasteiger partial charge in [-0.15, -0.1) is 0 Å². The predicted molar refractivity (Wildman–Crippen MR) is 107 cm³/mol. The van der Waals surface area contributed by atoms with Crippen LogP contribution in [0.3, 0.4) is 0 Å². The van der Waals surface area contributed by atoms with Gasteiger partial charge in [-0.3, -0.25) is 4.79 Å². The molecule has 5 heteroatoms. The molecular weight excluding hydrogens is 344 g/mol. The van der Waals surface area contributed by atoms with Crippen molar-refractivity contribution in [2.24, 2.45) is 4.99 Å². The summed E-state index contributed by atoms with van der Waals surface area (Å²) in [5, 5.41) is 0. The fourth-order valence-corrected chi connectivity index (χ4v) is 4.34. The van der Waals surface area contributed by atoms with E-state index >= 15 is 0 Å². The summed E-state index contributed by atoms with van der Waals surface area (Å²) in [6.45, 7) is 10.1. The summed E-state index contributed by atoms with van der Waals surface area (Å²) in [7, 11) is 0. The Balaban J connectivity index is 2.12. The molecule has 0 radical (unpaired) electrons. The van der Waals surface area contributed by atoms with Gasteiger partial charge in [0, 0.05) is 18.7 Å². The van der Waals surface area contributed by atoms with E-state index < -0.39 is 0 Å². The maximum absolute atomic E-state index is 12.7. The van der Waals surface area contributed by atoms with Crippen molar-refractivity contribution in [3.8, 4) is 0 Å². The molecule has 3 aromatic rings. The van der Waals surface area contributed by atoms with Crippen molar-refractivity contribution in [3.05, 3.63) is 63.5 Å². The monoisotopic (exact) mass is 368 g/mol. The molecule has 26 heavy (non-hydrogen) atoms. The number of ether oxygens (including phenoxy) is 1. The van der Waals surface area contributed by atoms with Gasteiger partial charge >= 0.3 is 0 Å². The largest absolute Gasteiger partial charge is 0.380 e. The second-order valence-corrected chi connectivity index (χ2v) is 7.46. The van der Waals surface area contributed by atoms with Gasteiger partial charge in [0.2, 0.25) is 0 Å². The number of hydrogen-bond donors (Lipinski definition) is 0. The summed E-state index contributed by atoms with van der Waals surface area (Å²) in [4.78, 5) is 17.8. The number of nitrogens with zero attached hydrogens (tertiary/aromatic N) is 2. The molecule has 0 aliphatic rings. The minimum absolute atomic E-state index is 0.209. The smallest absolute Gasteiger partial charge is 0.279 e. The predicted octanol–water partition coefficient (Wildman–Crippen LogP) is 4.41. The molecule has 0 saturated heterocycles. The van der Waals surface area contributed by atoms with Crippen LogP contribution in [0.25, 0.3) is 10.2 Å². The molecule has 1 aromatic heterocycles. The summed E-state index contributed by atoms with van der Waals surface area (Å²) < 4.78 is 8.79. The van der Waals surface area contributed by atoms with E-state index in [4.69, 9.17) is 4.74 Å². The highest BCUT2D eigenvalue weighted by atomic mass is 32.1. The lowest BCUT2D eigenvalue weighted by Gasteiger charge is -2.08. The normalized spacial score (nSPS) is 12.1. The quantitative estimate of drug-likeness (QED) is 0.626. The van der Waals surface area contributed by atoms with Crippen molar-refractivity contribution in [3.63, 3.8) is 0 Å². The second kappa shape index (κ2) is 7.98. The van der Waals surface area contributed by atoms with E-state index in [1.165, 1.54) is 11.1 Å². The molecule has 1 heterocycles. The van der Waals surface area contributed by atoms with E-state index in [0.29, 0.717) is 25.3 Å². The minimum Gasteiger partial charge on any atom is -0.380 e. The van der Waals surface area contributed by atoms with Crippen LogP contribution in [-0.2, 0) is 11.3 Å². The van der Waals surface area contributed by atoms with Gasteiger partial charge in [0.15, 0.2) is 4.80 Å². The van der Waals surface area contributed by atoms with Crippen LogP contribution in [-0.4, -0.2) is 23.7 Å². The van der Waals surface area contributed by atoms with E-state index in [0.717, 1.165) is 20.6 Å². The molecule has 136 valence electrons. The number of benzene rings is 2. The maximum Gasteiger partial charge on any atom is 0.279 e. The van der Waals surface area contributed by atoms with Gasteiger partial charge in [0.25, 0.3) is 5.91 Å². The number of carbonyl (C=O) groups is 1. The third kappa shape index (κ3) is 3.94. The van der Waals surface area contributed by atoms with Gasteiger partial charge in [-0.2, -0.15) is 4.99 Å². The Bertz CT molecular complexity index is 1010. The molecule has 2 aromatic carbocycles. The lowest BCUT2D eigenvalue weighted by atomic mass is 10.1. The zero-order valence-electron chi connectivity index (χ0n) is 15.7. The third-order valence-corrected chi connectivity index (χ3v) is 5.26. The summed E-state index contributed by atoms with van der Waals surface area (Å²) >= 11 is 1.56. The molecule has 0 spiro atoms. The van der Waals surface area contributed by atoms with Gasteiger partial charge in [0.05, 0.1) is 16.8 Å². The Hall–Kier alpha value is -2.24. The lowest BCUT2D eigenvalue weighted by Crippen LogP contribution is -2.20. The van der Waals surface area contributed by atoms with Crippen molar-refractivity contribution in [1.82, 2.24) is 4.57 Å². The summed E-state index contributed by atoms with van der Waals surface area (Å²) in [5.74, 6) is -0.209. The number of aromatic nitrogens is 1. The van der Waals surface area contributed by atoms with E-state index in [1.807, 2.05) is 38.1 Å². The van der Waals surface area contributed by atoms with Crippen LogP contribution >= 0.6 is 11.3 Å². The van der Waals surface area contributed by atoms with Gasteiger partial charge in [0.1, 0.15) is 0 Å². The van der Waals surface area contributed by atoms with Crippen LogP contribution in [0.15, 0.2) is 41.4 Å². The van der Waals surface area contributed by atoms with Crippen LogP contribution in [0.1, 0.15) is 34.0 Å². The highest BCUT2D eigenvalue weighted by Gasteiger charge is 2.12. The molecule has 0 aliphatic carbocycles. The highest BCUT2D eigenvalue weighted by molar-refractivity contribution is 7.16. The van der Waals surface area contributed by atoms with E-state index in [1.54, 1.807) is 11.3 Å². The van der Waals surface area contributed by atoms with Crippen molar-refractivity contribution in [2.75, 3.05) is 13.2 Å². The zero-order chi connectivity index (χ0) is 18.7. The van der Waals surface area contributed by atoms with Crippen LogP contribution in [0.4, 0.5) is 0 Å². The average Bonchev–Trinajstić information content (AvgIpc) is 2.92. The number of hydrogen-bond acceptors (Lipinski definition) is 3. The molecular formula is C21H24N2O2S. The Morgan fingerprint density at radius 2 is 1.96 bits per heavy atom. The number of carbonyl (C=O) groups excluding carboxylic acids is 1. The Morgan fingerprint density at radius 3 is 2.69 bits per heavy atom. The van der Waals surface area contributed by atoms with E-state index in [9.17, 15) is 4.79 Å². The first-order chi connectivity index (χ1) is 12.5. The Kier molecular flexibility index (Phi) is 5.69. The lowest BCUT2D eigenvalue weighted by molar-refractivity contribution is 0.0996. The maximum atomic E-state index is 12.7. The van der Waals surface area contributed by atoms with Gasteiger partial charge in [-0.05, 0) is 57.0 Å². The molecule has 0 N–H and O–H groups in total. The van der Waals surface area contributed by atoms with Gasteiger partial charge < -0.3 is 9.30 Å². The van der Waals surface area contributed by atoms with Crippen molar-refractivity contribution >= 4 is 27.5 Å². The topological polar surface area (TPSA) is 43.6 Å². The molecule has 0 fully saturated rings. The molecule has 1 amide bonds. The molecule has 0 saturated carbocycles. The summed E-state index contributed by atoms with van der Waals surface area (Å²) in [6.07, 6.45) is 0. The molecule has 0 bridgehead atoms. The van der Waals surface area contributed by atoms with E-state index in [-0.39, 0.29) is 5.91 Å². The SMILES string of the molecule is CCOCCn1c(=NC(=O)c2cccc(C)c2)sc2cc(C)cc(C)c21. The van der Waals surface area contributed by atoms with Crippen molar-refractivity contribution in [2.45, 2.75) is 34.2 Å².